The number of rotatable bonds is 4. The van der Waals surface area contributed by atoms with Gasteiger partial charge in [-0.2, -0.15) is 5.10 Å². The average Bonchev–Trinajstić information content (AvgIpc) is 3.23. The van der Waals surface area contributed by atoms with E-state index in [4.69, 9.17) is 0 Å². The zero-order valence-electron chi connectivity index (χ0n) is 15.1. The Kier molecular flexibility index (Phi) is 5.35. The van der Waals surface area contributed by atoms with Crippen molar-refractivity contribution in [3.8, 4) is 10.6 Å². The van der Waals surface area contributed by atoms with E-state index in [1.807, 2.05) is 72.8 Å². The van der Waals surface area contributed by atoms with E-state index in [2.05, 4.69) is 26.0 Å². The molecule has 0 aliphatic heterocycles. The lowest BCUT2D eigenvalue weighted by Crippen LogP contribution is -2.32. The standard InChI is InChI=1S/C21H15N5O2S/c27-18(23-21-26-25-20(29-21)15-8-2-1-3-9-15)19(28)24-22-13-16-11-6-10-14-7-4-5-12-17(14)16/h1-13H,(H,24,28)(H,23,26,27). The molecule has 1 heterocycles. The molecule has 0 aliphatic carbocycles. The highest BCUT2D eigenvalue weighted by molar-refractivity contribution is 7.18. The minimum Gasteiger partial charge on any atom is -0.292 e. The van der Waals surface area contributed by atoms with Crippen LogP contribution in [0, 0.1) is 0 Å². The van der Waals surface area contributed by atoms with E-state index in [1.165, 1.54) is 17.6 Å². The topological polar surface area (TPSA) is 96.3 Å². The molecule has 0 aliphatic rings. The monoisotopic (exact) mass is 401 g/mol. The summed E-state index contributed by atoms with van der Waals surface area (Å²) in [4.78, 5) is 24.1. The van der Waals surface area contributed by atoms with Crippen LogP contribution in [-0.2, 0) is 9.59 Å². The van der Waals surface area contributed by atoms with Crippen molar-refractivity contribution in [2.45, 2.75) is 0 Å². The predicted octanol–water partition coefficient (Wildman–Crippen LogP) is 3.45. The summed E-state index contributed by atoms with van der Waals surface area (Å²) in [6, 6.07) is 23.1. The maximum atomic E-state index is 12.1. The third-order valence-corrected chi connectivity index (χ3v) is 4.95. The van der Waals surface area contributed by atoms with E-state index in [0.717, 1.165) is 21.9 Å². The van der Waals surface area contributed by atoms with Gasteiger partial charge < -0.3 is 0 Å². The molecule has 2 N–H and O–H groups in total. The second-order valence-electron chi connectivity index (χ2n) is 6.00. The molecule has 7 nitrogen and oxygen atoms in total. The summed E-state index contributed by atoms with van der Waals surface area (Å²) in [6.45, 7) is 0. The molecule has 0 saturated heterocycles. The van der Waals surface area contributed by atoms with Gasteiger partial charge in [-0.05, 0) is 10.8 Å². The van der Waals surface area contributed by atoms with Crippen LogP contribution in [0.25, 0.3) is 21.3 Å². The zero-order valence-corrected chi connectivity index (χ0v) is 15.9. The van der Waals surface area contributed by atoms with E-state index in [0.29, 0.717) is 5.01 Å². The van der Waals surface area contributed by atoms with Crippen LogP contribution in [-0.4, -0.2) is 28.2 Å². The predicted molar refractivity (Wildman–Crippen MR) is 114 cm³/mol. The van der Waals surface area contributed by atoms with Gasteiger partial charge in [0.2, 0.25) is 5.13 Å². The van der Waals surface area contributed by atoms with Gasteiger partial charge in [0.25, 0.3) is 0 Å². The maximum Gasteiger partial charge on any atom is 0.329 e. The Morgan fingerprint density at radius 2 is 1.62 bits per heavy atom. The Morgan fingerprint density at radius 1 is 0.862 bits per heavy atom. The molecule has 0 bridgehead atoms. The molecule has 1 aromatic heterocycles. The smallest absolute Gasteiger partial charge is 0.292 e. The molecular weight excluding hydrogens is 386 g/mol. The van der Waals surface area contributed by atoms with Gasteiger partial charge in [0.1, 0.15) is 5.01 Å². The van der Waals surface area contributed by atoms with Crippen LogP contribution in [0.3, 0.4) is 0 Å². The maximum absolute atomic E-state index is 12.1. The summed E-state index contributed by atoms with van der Waals surface area (Å²) in [5.41, 5.74) is 3.95. The van der Waals surface area contributed by atoms with Crippen molar-refractivity contribution >= 4 is 45.3 Å². The minimum absolute atomic E-state index is 0.238. The van der Waals surface area contributed by atoms with Crippen LogP contribution >= 0.6 is 11.3 Å². The molecule has 0 atom stereocenters. The van der Waals surface area contributed by atoms with Crippen molar-refractivity contribution in [2.24, 2.45) is 5.10 Å². The van der Waals surface area contributed by atoms with Crippen molar-refractivity contribution in [3.05, 3.63) is 78.4 Å². The summed E-state index contributed by atoms with van der Waals surface area (Å²) >= 11 is 1.18. The Balaban J connectivity index is 1.38. The number of hydrogen-bond donors (Lipinski definition) is 2. The summed E-state index contributed by atoms with van der Waals surface area (Å²) in [5, 5.41) is 17.2. The Labute approximate surface area is 170 Å². The summed E-state index contributed by atoms with van der Waals surface area (Å²) in [6.07, 6.45) is 1.51. The van der Waals surface area contributed by atoms with Crippen LogP contribution in [0.5, 0.6) is 0 Å². The van der Waals surface area contributed by atoms with E-state index < -0.39 is 11.8 Å². The fourth-order valence-corrected chi connectivity index (χ4v) is 3.44. The van der Waals surface area contributed by atoms with Gasteiger partial charge in [-0.3, -0.25) is 14.9 Å². The fraction of sp³-hybridized carbons (Fsp3) is 0. The van der Waals surface area contributed by atoms with Crippen LogP contribution in [0.2, 0.25) is 0 Å². The van der Waals surface area contributed by atoms with Crippen LogP contribution in [0.15, 0.2) is 77.9 Å². The van der Waals surface area contributed by atoms with Crippen molar-refractivity contribution in [1.82, 2.24) is 15.6 Å². The number of nitrogens with zero attached hydrogens (tertiary/aromatic N) is 3. The Bertz CT molecular complexity index is 1200. The molecule has 8 heteroatoms. The average molecular weight is 401 g/mol. The first-order chi connectivity index (χ1) is 14.2. The summed E-state index contributed by atoms with van der Waals surface area (Å²) in [5.74, 6) is -1.76. The normalized spacial score (nSPS) is 10.9. The Morgan fingerprint density at radius 3 is 2.48 bits per heavy atom. The highest BCUT2D eigenvalue weighted by Gasteiger charge is 2.16. The quantitative estimate of drug-likeness (QED) is 0.311. The number of anilines is 1. The van der Waals surface area contributed by atoms with Crippen LogP contribution < -0.4 is 10.7 Å². The second kappa shape index (κ2) is 8.41. The number of amides is 2. The lowest BCUT2D eigenvalue weighted by atomic mass is 10.1. The van der Waals surface area contributed by atoms with Gasteiger partial charge in [0.05, 0.1) is 6.21 Å². The molecule has 0 fully saturated rings. The van der Waals surface area contributed by atoms with Gasteiger partial charge in [0, 0.05) is 11.1 Å². The molecule has 0 saturated carbocycles. The Hall–Kier alpha value is -3.91. The summed E-state index contributed by atoms with van der Waals surface area (Å²) in [7, 11) is 0. The SMILES string of the molecule is O=C(NN=Cc1cccc2ccccc12)C(=O)Nc1nnc(-c2ccccc2)s1. The number of hydrogen-bond acceptors (Lipinski definition) is 6. The van der Waals surface area contributed by atoms with Crippen LogP contribution in [0.4, 0.5) is 5.13 Å². The third kappa shape index (κ3) is 4.33. The molecule has 3 aromatic carbocycles. The van der Waals surface area contributed by atoms with E-state index in [1.54, 1.807) is 0 Å². The van der Waals surface area contributed by atoms with Gasteiger partial charge in [-0.1, -0.05) is 84.1 Å². The number of hydrazone groups is 1. The van der Waals surface area contributed by atoms with Gasteiger partial charge >= 0.3 is 11.8 Å². The number of nitrogens with one attached hydrogen (secondary N) is 2. The molecule has 0 spiro atoms. The first-order valence-corrected chi connectivity index (χ1v) is 9.53. The molecule has 0 radical (unpaired) electrons. The van der Waals surface area contributed by atoms with E-state index in [9.17, 15) is 9.59 Å². The fourth-order valence-electron chi connectivity index (χ4n) is 2.70. The van der Waals surface area contributed by atoms with Crippen molar-refractivity contribution < 1.29 is 9.59 Å². The van der Waals surface area contributed by atoms with Gasteiger partial charge in [-0.15, -0.1) is 10.2 Å². The molecule has 4 rings (SSSR count). The van der Waals surface area contributed by atoms with Crippen molar-refractivity contribution in [3.63, 3.8) is 0 Å². The van der Waals surface area contributed by atoms with Crippen LogP contribution in [0.1, 0.15) is 5.56 Å². The highest BCUT2D eigenvalue weighted by atomic mass is 32.1. The third-order valence-electron chi connectivity index (χ3n) is 4.07. The number of aromatic nitrogens is 2. The van der Waals surface area contributed by atoms with Gasteiger partial charge in [0.15, 0.2) is 0 Å². The number of benzene rings is 3. The number of fused-ring (bicyclic) bond motifs is 1. The lowest BCUT2D eigenvalue weighted by Gasteiger charge is -2.02. The first-order valence-electron chi connectivity index (χ1n) is 8.72. The number of carbonyl (C=O) groups excluding carboxylic acids is 2. The van der Waals surface area contributed by atoms with Gasteiger partial charge in [-0.25, -0.2) is 5.43 Å². The van der Waals surface area contributed by atoms with Crippen molar-refractivity contribution in [1.29, 1.82) is 0 Å². The largest absolute Gasteiger partial charge is 0.329 e. The second-order valence-corrected chi connectivity index (χ2v) is 6.98. The number of carbonyl (C=O) groups is 2. The molecule has 142 valence electrons. The minimum atomic E-state index is -0.891. The highest BCUT2D eigenvalue weighted by Crippen LogP contribution is 2.25. The molecule has 29 heavy (non-hydrogen) atoms. The first kappa shape index (κ1) is 18.5. The summed E-state index contributed by atoms with van der Waals surface area (Å²) < 4.78 is 0. The zero-order chi connectivity index (χ0) is 20.1. The van der Waals surface area contributed by atoms with E-state index in [-0.39, 0.29) is 5.13 Å². The molecule has 0 unspecified atom stereocenters. The van der Waals surface area contributed by atoms with E-state index >= 15 is 0 Å². The molecular formula is C21H15N5O2S. The molecule has 4 aromatic rings. The lowest BCUT2D eigenvalue weighted by molar-refractivity contribution is -0.136. The molecule has 2 amide bonds. The van der Waals surface area contributed by atoms with Crippen molar-refractivity contribution in [2.75, 3.05) is 5.32 Å².